The number of aromatic nitrogens is 2. The summed E-state index contributed by atoms with van der Waals surface area (Å²) in [5.74, 6) is 2.08. The SMILES string of the molecule is CN=C(NCCc1ccccc1)NCCc1nc(C)no1. The standard InChI is InChI=1S/C15H21N5O/c1-12-19-14(21-20-12)9-11-18-15(16-2)17-10-8-13-6-4-3-5-7-13/h3-7H,8-11H2,1-2H3,(H2,16,17,18). The van der Waals surface area contributed by atoms with Crippen molar-refractivity contribution in [3.05, 3.63) is 47.6 Å². The Morgan fingerprint density at radius 2 is 1.86 bits per heavy atom. The Labute approximate surface area is 124 Å². The first kappa shape index (κ1) is 15.0. The molecule has 2 aromatic rings. The zero-order chi connectivity index (χ0) is 14.9. The van der Waals surface area contributed by atoms with Gasteiger partial charge in [0.25, 0.3) is 0 Å². The third-order valence-corrected chi connectivity index (χ3v) is 2.97. The van der Waals surface area contributed by atoms with Crippen molar-refractivity contribution >= 4 is 5.96 Å². The first-order valence-corrected chi connectivity index (χ1v) is 7.05. The van der Waals surface area contributed by atoms with Crippen molar-refractivity contribution in [2.75, 3.05) is 20.1 Å². The zero-order valence-electron chi connectivity index (χ0n) is 12.5. The molecule has 0 atom stereocenters. The molecule has 1 aromatic heterocycles. The van der Waals surface area contributed by atoms with Crippen LogP contribution in [0.4, 0.5) is 0 Å². The quantitative estimate of drug-likeness (QED) is 0.619. The van der Waals surface area contributed by atoms with E-state index in [1.54, 1.807) is 7.05 Å². The smallest absolute Gasteiger partial charge is 0.228 e. The van der Waals surface area contributed by atoms with E-state index in [-0.39, 0.29) is 0 Å². The van der Waals surface area contributed by atoms with Crippen LogP contribution >= 0.6 is 0 Å². The van der Waals surface area contributed by atoms with Crippen LogP contribution in [0.3, 0.4) is 0 Å². The third-order valence-electron chi connectivity index (χ3n) is 2.97. The summed E-state index contributed by atoms with van der Waals surface area (Å²) < 4.78 is 5.06. The van der Waals surface area contributed by atoms with Gasteiger partial charge in [-0.3, -0.25) is 4.99 Å². The van der Waals surface area contributed by atoms with Gasteiger partial charge in [-0.15, -0.1) is 0 Å². The normalized spacial score (nSPS) is 11.4. The predicted molar refractivity (Wildman–Crippen MR) is 82.2 cm³/mol. The lowest BCUT2D eigenvalue weighted by Gasteiger charge is -2.11. The summed E-state index contributed by atoms with van der Waals surface area (Å²) in [6, 6.07) is 10.4. The van der Waals surface area contributed by atoms with E-state index in [2.05, 4.69) is 50.0 Å². The molecule has 0 saturated carbocycles. The van der Waals surface area contributed by atoms with Crippen LogP contribution in [0.15, 0.2) is 39.8 Å². The van der Waals surface area contributed by atoms with Crippen LogP contribution < -0.4 is 10.6 Å². The number of aliphatic imine (C=N–C) groups is 1. The van der Waals surface area contributed by atoms with Gasteiger partial charge in [0.2, 0.25) is 5.89 Å². The number of nitrogens with one attached hydrogen (secondary N) is 2. The topological polar surface area (TPSA) is 75.3 Å². The van der Waals surface area contributed by atoms with Crippen molar-refractivity contribution in [1.29, 1.82) is 0 Å². The van der Waals surface area contributed by atoms with Crippen molar-refractivity contribution in [2.45, 2.75) is 19.8 Å². The summed E-state index contributed by atoms with van der Waals surface area (Å²) in [5.41, 5.74) is 1.31. The molecule has 0 fully saturated rings. The minimum atomic E-state index is 0.639. The predicted octanol–water partition coefficient (Wildman–Crippen LogP) is 1.33. The molecule has 0 bridgehead atoms. The Kier molecular flexibility index (Phi) is 5.75. The molecule has 0 saturated heterocycles. The number of benzene rings is 1. The van der Waals surface area contributed by atoms with Crippen LogP contribution in [0.5, 0.6) is 0 Å². The van der Waals surface area contributed by atoms with Gasteiger partial charge in [0.05, 0.1) is 0 Å². The Morgan fingerprint density at radius 3 is 2.48 bits per heavy atom. The zero-order valence-corrected chi connectivity index (χ0v) is 12.5. The minimum absolute atomic E-state index is 0.639. The van der Waals surface area contributed by atoms with E-state index in [4.69, 9.17) is 4.52 Å². The number of aryl methyl sites for hydroxylation is 1. The molecule has 6 heteroatoms. The Bertz CT molecular complexity index is 564. The summed E-state index contributed by atoms with van der Waals surface area (Å²) in [6.45, 7) is 3.35. The van der Waals surface area contributed by atoms with Crippen LogP contribution in [-0.4, -0.2) is 36.2 Å². The second-order valence-corrected chi connectivity index (χ2v) is 4.65. The maximum absolute atomic E-state index is 5.06. The average molecular weight is 287 g/mol. The van der Waals surface area contributed by atoms with Gasteiger partial charge >= 0.3 is 0 Å². The molecule has 0 unspecified atom stereocenters. The van der Waals surface area contributed by atoms with E-state index in [9.17, 15) is 0 Å². The molecule has 1 heterocycles. The lowest BCUT2D eigenvalue weighted by atomic mass is 10.1. The fraction of sp³-hybridized carbons (Fsp3) is 0.400. The van der Waals surface area contributed by atoms with Crippen molar-refractivity contribution in [3.63, 3.8) is 0 Å². The lowest BCUT2D eigenvalue weighted by molar-refractivity contribution is 0.374. The molecule has 0 radical (unpaired) electrons. The number of guanidine groups is 1. The summed E-state index contributed by atoms with van der Waals surface area (Å²) in [7, 11) is 1.76. The molecule has 2 N–H and O–H groups in total. The van der Waals surface area contributed by atoms with Gasteiger partial charge in [-0.2, -0.15) is 4.98 Å². The van der Waals surface area contributed by atoms with Crippen molar-refractivity contribution in [1.82, 2.24) is 20.8 Å². The highest BCUT2D eigenvalue weighted by molar-refractivity contribution is 5.79. The molecule has 112 valence electrons. The summed E-state index contributed by atoms with van der Waals surface area (Å²) in [4.78, 5) is 8.34. The van der Waals surface area contributed by atoms with E-state index >= 15 is 0 Å². The van der Waals surface area contributed by atoms with E-state index in [0.717, 1.165) is 18.9 Å². The largest absolute Gasteiger partial charge is 0.356 e. The van der Waals surface area contributed by atoms with Crippen LogP contribution in [-0.2, 0) is 12.8 Å². The highest BCUT2D eigenvalue weighted by atomic mass is 16.5. The van der Waals surface area contributed by atoms with Gasteiger partial charge < -0.3 is 15.2 Å². The maximum Gasteiger partial charge on any atom is 0.228 e. The lowest BCUT2D eigenvalue weighted by Crippen LogP contribution is -2.39. The second kappa shape index (κ2) is 8.04. The van der Waals surface area contributed by atoms with E-state index in [1.165, 1.54) is 5.56 Å². The highest BCUT2D eigenvalue weighted by Crippen LogP contribution is 1.98. The van der Waals surface area contributed by atoms with E-state index in [1.807, 2.05) is 13.0 Å². The summed E-state index contributed by atoms with van der Waals surface area (Å²) in [6.07, 6.45) is 1.64. The molecule has 0 amide bonds. The van der Waals surface area contributed by atoms with Crippen LogP contribution in [0.2, 0.25) is 0 Å². The monoisotopic (exact) mass is 287 g/mol. The van der Waals surface area contributed by atoms with E-state index < -0.39 is 0 Å². The average Bonchev–Trinajstić information content (AvgIpc) is 2.92. The first-order valence-electron chi connectivity index (χ1n) is 7.05. The molecular weight excluding hydrogens is 266 g/mol. The van der Waals surface area contributed by atoms with Gasteiger partial charge in [-0.1, -0.05) is 35.5 Å². The molecule has 1 aromatic carbocycles. The highest BCUT2D eigenvalue weighted by Gasteiger charge is 2.03. The van der Waals surface area contributed by atoms with Crippen LogP contribution in [0, 0.1) is 6.92 Å². The van der Waals surface area contributed by atoms with E-state index in [0.29, 0.717) is 24.7 Å². The Balaban J connectivity index is 1.66. The fourth-order valence-corrected chi connectivity index (χ4v) is 1.92. The third kappa shape index (κ3) is 5.25. The molecule has 2 rings (SSSR count). The van der Waals surface area contributed by atoms with Gasteiger partial charge in [-0.05, 0) is 18.9 Å². The molecule has 0 aliphatic rings. The fourth-order valence-electron chi connectivity index (χ4n) is 1.92. The summed E-state index contributed by atoms with van der Waals surface area (Å²) in [5, 5.41) is 10.3. The van der Waals surface area contributed by atoms with Gasteiger partial charge in [0.1, 0.15) is 0 Å². The number of nitrogens with zero attached hydrogens (tertiary/aromatic N) is 3. The van der Waals surface area contributed by atoms with Gasteiger partial charge in [-0.25, -0.2) is 0 Å². The molecule has 0 aliphatic carbocycles. The van der Waals surface area contributed by atoms with Crippen molar-refractivity contribution in [2.24, 2.45) is 4.99 Å². The van der Waals surface area contributed by atoms with Crippen molar-refractivity contribution < 1.29 is 4.52 Å². The minimum Gasteiger partial charge on any atom is -0.356 e. The maximum atomic E-state index is 5.06. The number of hydrogen-bond donors (Lipinski definition) is 2. The molecule has 21 heavy (non-hydrogen) atoms. The summed E-state index contributed by atoms with van der Waals surface area (Å²) >= 11 is 0. The second-order valence-electron chi connectivity index (χ2n) is 4.65. The molecule has 0 spiro atoms. The molecular formula is C15H21N5O. The Hall–Kier alpha value is -2.37. The molecule has 6 nitrogen and oxygen atoms in total. The van der Waals surface area contributed by atoms with Crippen LogP contribution in [0.25, 0.3) is 0 Å². The van der Waals surface area contributed by atoms with Crippen molar-refractivity contribution in [3.8, 4) is 0 Å². The Morgan fingerprint density at radius 1 is 1.14 bits per heavy atom. The number of rotatable bonds is 6. The van der Waals surface area contributed by atoms with Crippen LogP contribution in [0.1, 0.15) is 17.3 Å². The first-order chi connectivity index (χ1) is 10.3. The molecule has 0 aliphatic heterocycles. The number of hydrogen-bond acceptors (Lipinski definition) is 4. The van der Waals surface area contributed by atoms with Gasteiger partial charge in [0.15, 0.2) is 11.8 Å². The van der Waals surface area contributed by atoms with Gasteiger partial charge in [0, 0.05) is 26.6 Å².